The fourth-order valence-corrected chi connectivity index (χ4v) is 2.52. The molecule has 0 radical (unpaired) electrons. The molecule has 0 aromatic heterocycles. The number of halogens is 2. The lowest BCUT2D eigenvalue weighted by molar-refractivity contribution is -0.136. The van der Waals surface area contributed by atoms with Crippen LogP contribution in [0.4, 0.5) is 8.78 Å². The minimum absolute atomic E-state index is 0.164. The van der Waals surface area contributed by atoms with Crippen LogP contribution in [0, 0.1) is 11.6 Å². The summed E-state index contributed by atoms with van der Waals surface area (Å²) >= 11 is 0. The number of carbonyl (C=O) groups excluding carboxylic acids is 1. The zero-order valence-corrected chi connectivity index (χ0v) is 13.5. The van der Waals surface area contributed by atoms with Crippen LogP contribution in [0.1, 0.15) is 45.1 Å². The second-order valence-electron chi connectivity index (χ2n) is 4.60. The standard InChI is InChI=1S/C15H16F2O3.C2H6/c1-19-14-10(7-8-12(16)13(14)17)9-5-3-4-6-11(9)15(18)20-2;1-2/h7-8H,3-6H2,1-2H3;1-2H3. The van der Waals surface area contributed by atoms with Gasteiger partial charge in [-0.05, 0) is 43.4 Å². The van der Waals surface area contributed by atoms with Gasteiger partial charge in [0.1, 0.15) is 0 Å². The molecule has 0 unspecified atom stereocenters. The summed E-state index contributed by atoms with van der Waals surface area (Å²) in [6.07, 6.45) is 2.95. The number of carbonyl (C=O) groups is 1. The van der Waals surface area contributed by atoms with E-state index in [4.69, 9.17) is 9.47 Å². The number of esters is 1. The van der Waals surface area contributed by atoms with Crippen LogP contribution in [0.2, 0.25) is 0 Å². The van der Waals surface area contributed by atoms with Gasteiger partial charge in [-0.25, -0.2) is 9.18 Å². The Morgan fingerprint density at radius 2 is 1.73 bits per heavy atom. The van der Waals surface area contributed by atoms with E-state index in [1.54, 1.807) is 0 Å². The van der Waals surface area contributed by atoms with Gasteiger partial charge < -0.3 is 9.47 Å². The summed E-state index contributed by atoms with van der Waals surface area (Å²) < 4.78 is 36.8. The lowest BCUT2D eigenvalue weighted by Gasteiger charge is -2.21. The number of benzene rings is 1. The number of methoxy groups -OCH3 is 2. The third kappa shape index (κ3) is 3.64. The number of allylic oxidation sites excluding steroid dienone is 1. The molecule has 1 aromatic carbocycles. The molecule has 0 atom stereocenters. The fourth-order valence-electron chi connectivity index (χ4n) is 2.52. The average molecular weight is 312 g/mol. The molecule has 0 saturated heterocycles. The van der Waals surface area contributed by atoms with Gasteiger partial charge in [0.05, 0.1) is 14.2 Å². The first-order chi connectivity index (χ1) is 10.6. The monoisotopic (exact) mass is 312 g/mol. The molecule has 5 heteroatoms. The van der Waals surface area contributed by atoms with Crippen molar-refractivity contribution >= 4 is 11.5 Å². The molecular weight excluding hydrogens is 290 g/mol. The van der Waals surface area contributed by atoms with E-state index in [1.165, 1.54) is 20.3 Å². The maximum absolute atomic E-state index is 13.8. The van der Waals surface area contributed by atoms with Gasteiger partial charge >= 0.3 is 5.97 Å². The Kier molecular flexibility index (Phi) is 7.02. The smallest absolute Gasteiger partial charge is 0.334 e. The summed E-state index contributed by atoms with van der Waals surface area (Å²) in [6, 6.07) is 2.49. The summed E-state index contributed by atoms with van der Waals surface area (Å²) in [5.41, 5.74) is 1.62. The van der Waals surface area contributed by atoms with Crippen molar-refractivity contribution in [1.82, 2.24) is 0 Å². The van der Waals surface area contributed by atoms with E-state index in [1.807, 2.05) is 13.8 Å². The number of hydrogen-bond donors (Lipinski definition) is 0. The number of hydrogen-bond acceptors (Lipinski definition) is 3. The summed E-state index contributed by atoms with van der Waals surface area (Å²) in [4.78, 5) is 11.8. The quantitative estimate of drug-likeness (QED) is 0.771. The number of ether oxygens (including phenoxy) is 2. The van der Waals surface area contributed by atoms with Crippen LogP contribution in [-0.4, -0.2) is 20.2 Å². The summed E-state index contributed by atoms with van der Waals surface area (Å²) in [7, 11) is 2.59. The van der Waals surface area contributed by atoms with Gasteiger partial charge in [-0.1, -0.05) is 13.8 Å². The van der Waals surface area contributed by atoms with Crippen LogP contribution < -0.4 is 4.74 Å². The maximum Gasteiger partial charge on any atom is 0.334 e. The van der Waals surface area contributed by atoms with E-state index in [-0.39, 0.29) is 5.75 Å². The van der Waals surface area contributed by atoms with Gasteiger partial charge in [-0.3, -0.25) is 0 Å². The second-order valence-corrected chi connectivity index (χ2v) is 4.60. The maximum atomic E-state index is 13.8. The van der Waals surface area contributed by atoms with E-state index in [2.05, 4.69) is 0 Å². The highest BCUT2D eigenvalue weighted by molar-refractivity contribution is 5.98. The molecule has 0 spiro atoms. The first kappa shape index (κ1) is 18.1. The van der Waals surface area contributed by atoms with Gasteiger partial charge in [0.15, 0.2) is 11.6 Å². The van der Waals surface area contributed by atoms with Crippen molar-refractivity contribution in [3.63, 3.8) is 0 Å². The third-order valence-electron chi connectivity index (χ3n) is 3.48. The van der Waals surface area contributed by atoms with E-state index in [0.717, 1.165) is 18.9 Å². The van der Waals surface area contributed by atoms with E-state index >= 15 is 0 Å². The van der Waals surface area contributed by atoms with E-state index < -0.39 is 17.6 Å². The normalized spacial score (nSPS) is 14.1. The van der Waals surface area contributed by atoms with Gasteiger partial charge in [-0.2, -0.15) is 4.39 Å². The molecule has 0 heterocycles. The van der Waals surface area contributed by atoms with Crippen molar-refractivity contribution in [2.45, 2.75) is 39.5 Å². The Hall–Kier alpha value is -1.91. The Morgan fingerprint density at radius 1 is 1.09 bits per heavy atom. The molecule has 122 valence electrons. The minimum atomic E-state index is -1.03. The molecule has 1 aromatic rings. The average Bonchev–Trinajstić information content (AvgIpc) is 2.58. The Bertz CT molecular complexity index is 565. The zero-order valence-electron chi connectivity index (χ0n) is 13.5. The van der Waals surface area contributed by atoms with E-state index in [0.29, 0.717) is 29.6 Å². The molecule has 22 heavy (non-hydrogen) atoms. The molecule has 0 saturated carbocycles. The molecule has 3 nitrogen and oxygen atoms in total. The minimum Gasteiger partial charge on any atom is -0.493 e. The largest absolute Gasteiger partial charge is 0.493 e. The third-order valence-corrected chi connectivity index (χ3v) is 3.48. The lowest BCUT2D eigenvalue weighted by atomic mass is 9.87. The van der Waals surface area contributed by atoms with Gasteiger partial charge in [0.2, 0.25) is 5.82 Å². The molecule has 0 fully saturated rings. The second kappa shape index (κ2) is 8.51. The Labute approximate surface area is 129 Å². The lowest BCUT2D eigenvalue weighted by Crippen LogP contribution is -2.12. The van der Waals surface area contributed by atoms with Crippen LogP contribution >= 0.6 is 0 Å². The summed E-state index contributed by atoms with van der Waals surface area (Å²) in [5.74, 6) is -2.59. The number of rotatable bonds is 3. The zero-order chi connectivity index (χ0) is 16.7. The predicted molar refractivity (Wildman–Crippen MR) is 81.7 cm³/mol. The highest BCUT2D eigenvalue weighted by atomic mass is 19.2. The molecule has 0 aliphatic heterocycles. The molecule has 0 amide bonds. The fraction of sp³-hybridized carbons (Fsp3) is 0.471. The highest BCUT2D eigenvalue weighted by Gasteiger charge is 2.25. The molecule has 1 aliphatic rings. The molecule has 0 N–H and O–H groups in total. The Morgan fingerprint density at radius 3 is 2.32 bits per heavy atom. The van der Waals surface area contributed by atoms with Gasteiger partial charge in [0, 0.05) is 11.1 Å². The first-order valence-electron chi connectivity index (χ1n) is 7.42. The van der Waals surface area contributed by atoms with Crippen LogP contribution in [0.5, 0.6) is 5.75 Å². The topological polar surface area (TPSA) is 35.5 Å². The van der Waals surface area contributed by atoms with Crippen LogP contribution in [0.3, 0.4) is 0 Å². The van der Waals surface area contributed by atoms with Crippen molar-refractivity contribution in [2.24, 2.45) is 0 Å². The van der Waals surface area contributed by atoms with Crippen molar-refractivity contribution in [3.05, 3.63) is 34.9 Å². The summed E-state index contributed by atoms with van der Waals surface area (Å²) in [6.45, 7) is 4.00. The molecule has 0 bridgehead atoms. The SMILES string of the molecule is CC.COC(=O)C1=C(c2ccc(F)c(F)c2OC)CCCC1. The van der Waals surface area contributed by atoms with Gasteiger partial charge in [-0.15, -0.1) is 0 Å². The first-order valence-corrected chi connectivity index (χ1v) is 7.42. The summed E-state index contributed by atoms with van der Waals surface area (Å²) in [5, 5.41) is 0. The van der Waals surface area contributed by atoms with Crippen LogP contribution in [0.15, 0.2) is 17.7 Å². The molecule has 1 aliphatic carbocycles. The van der Waals surface area contributed by atoms with Crippen molar-refractivity contribution < 1.29 is 23.0 Å². The predicted octanol–water partition coefficient (Wildman–Crippen LogP) is 4.50. The van der Waals surface area contributed by atoms with Crippen molar-refractivity contribution in [3.8, 4) is 5.75 Å². The van der Waals surface area contributed by atoms with Crippen LogP contribution in [0.25, 0.3) is 5.57 Å². The molecular formula is C17H22F2O3. The van der Waals surface area contributed by atoms with E-state index in [9.17, 15) is 13.6 Å². The van der Waals surface area contributed by atoms with Gasteiger partial charge in [0.25, 0.3) is 0 Å². The van der Waals surface area contributed by atoms with Crippen molar-refractivity contribution in [2.75, 3.05) is 14.2 Å². The Balaban J connectivity index is 0.00000116. The molecule has 2 rings (SSSR count). The highest BCUT2D eigenvalue weighted by Crippen LogP contribution is 2.38. The van der Waals surface area contributed by atoms with Crippen LogP contribution in [-0.2, 0) is 9.53 Å². The van der Waals surface area contributed by atoms with Crippen molar-refractivity contribution in [1.29, 1.82) is 0 Å².